The van der Waals surface area contributed by atoms with Crippen LogP contribution < -0.4 is 5.32 Å². The number of rotatable bonds is 7. The molecule has 0 aliphatic heterocycles. The Hall–Kier alpha value is -2.67. The molecule has 0 spiro atoms. The number of aliphatic imine (C=N–C) groups is 1. The van der Waals surface area contributed by atoms with Crippen molar-refractivity contribution in [2.45, 2.75) is 12.8 Å². The number of halogens is 1. The Kier molecular flexibility index (Phi) is 6.59. The van der Waals surface area contributed by atoms with Gasteiger partial charge in [-0.25, -0.2) is 9.37 Å². The monoisotopic (exact) mass is 386 g/mol. The summed E-state index contributed by atoms with van der Waals surface area (Å²) in [6, 6.07) is 10.3. The first-order valence-electron chi connectivity index (χ1n) is 8.80. The minimum Gasteiger partial charge on any atom is -0.444 e. The number of benzene rings is 1. The Morgan fingerprint density at radius 2 is 2.07 bits per heavy atom. The number of thiophene rings is 1. The van der Waals surface area contributed by atoms with Crippen LogP contribution >= 0.6 is 11.3 Å². The zero-order chi connectivity index (χ0) is 19.1. The average Bonchev–Trinajstić information content (AvgIpc) is 3.36. The summed E-state index contributed by atoms with van der Waals surface area (Å²) in [7, 11) is 3.82. The van der Waals surface area contributed by atoms with Gasteiger partial charge in [-0.1, -0.05) is 6.07 Å². The van der Waals surface area contributed by atoms with Crippen molar-refractivity contribution < 1.29 is 8.81 Å². The van der Waals surface area contributed by atoms with E-state index in [0.29, 0.717) is 18.9 Å². The van der Waals surface area contributed by atoms with Crippen LogP contribution in [-0.4, -0.2) is 43.0 Å². The smallest absolute Gasteiger partial charge is 0.226 e. The van der Waals surface area contributed by atoms with Gasteiger partial charge >= 0.3 is 0 Å². The lowest BCUT2D eigenvalue weighted by atomic mass is 10.2. The zero-order valence-corrected chi connectivity index (χ0v) is 16.3. The second-order valence-corrected chi connectivity index (χ2v) is 7.16. The minimum absolute atomic E-state index is 0.274. The quantitative estimate of drug-likeness (QED) is 0.495. The molecule has 142 valence electrons. The van der Waals surface area contributed by atoms with Crippen molar-refractivity contribution in [3.05, 3.63) is 64.4 Å². The second kappa shape index (κ2) is 9.32. The Bertz CT molecular complexity index is 859. The Morgan fingerprint density at radius 1 is 1.26 bits per heavy atom. The summed E-state index contributed by atoms with van der Waals surface area (Å²) in [5.41, 5.74) is 1.61. The molecule has 0 radical (unpaired) electrons. The molecule has 0 saturated carbocycles. The summed E-state index contributed by atoms with van der Waals surface area (Å²) < 4.78 is 18.5. The van der Waals surface area contributed by atoms with Crippen molar-refractivity contribution >= 4 is 17.3 Å². The molecule has 3 rings (SSSR count). The molecule has 0 amide bonds. The van der Waals surface area contributed by atoms with Crippen molar-refractivity contribution in [3.63, 3.8) is 0 Å². The fourth-order valence-electron chi connectivity index (χ4n) is 2.67. The van der Waals surface area contributed by atoms with E-state index in [1.807, 2.05) is 7.05 Å². The third-order valence-corrected chi connectivity index (χ3v) is 5.09. The number of nitrogens with zero attached hydrogens (tertiary/aromatic N) is 3. The van der Waals surface area contributed by atoms with Gasteiger partial charge in [-0.05, 0) is 42.1 Å². The summed E-state index contributed by atoms with van der Waals surface area (Å²) in [6.07, 6.45) is 3.35. The van der Waals surface area contributed by atoms with Crippen LogP contribution in [0.3, 0.4) is 0 Å². The van der Waals surface area contributed by atoms with Crippen molar-refractivity contribution in [3.8, 4) is 11.5 Å². The molecule has 1 N–H and O–H groups in total. The summed E-state index contributed by atoms with van der Waals surface area (Å²) >= 11 is 1.77. The highest BCUT2D eigenvalue weighted by molar-refractivity contribution is 7.09. The lowest BCUT2D eigenvalue weighted by molar-refractivity contribution is 0.487. The molecule has 7 heteroatoms. The summed E-state index contributed by atoms with van der Waals surface area (Å²) in [6.45, 7) is 1.60. The van der Waals surface area contributed by atoms with Crippen molar-refractivity contribution in [1.82, 2.24) is 15.2 Å². The number of oxazole rings is 1. The van der Waals surface area contributed by atoms with E-state index in [1.54, 1.807) is 36.8 Å². The summed E-state index contributed by atoms with van der Waals surface area (Å²) in [5.74, 6) is 1.08. The van der Waals surface area contributed by atoms with Gasteiger partial charge in [0.15, 0.2) is 5.96 Å². The second-order valence-electron chi connectivity index (χ2n) is 6.13. The van der Waals surface area contributed by atoms with Gasteiger partial charge in [0.2, 0.25) is 5.89 Å². The van der Waals surface area contributed by atoms with E-state index in [9.17, 15) is 4.39 Å². The Balaban J connectivity index is 1.47. The number of aromatic nitrogens is 1. The van der Waals surface area contributed by atoms with Crippen molar-refractivity contribution in [1.29, 1.82) is 0 Å². The van der Waals surface area contributed by atoms with E-state index in [4.69, 9.17) is 4.42 Å². The highest BCUT2D eigenvalue weighted by Gasteiger charge is 2.09. The minimum atomic E-state index is -0.274. The van der Waals surface area contributed by atoms with Crippen molar-refractivity contribution in [2.24, 2.45) is 4.99 Å². The lowest BCUT2D eigenvalue weighted by Gasteiger charge is -2.21. The molecular formula is C20H23FN4OS. The Labute approximate surface area is 162 Å². The molecule has 1 aromatic carbocycles. The predicted molar refractivity (Wildman–Crippen MR) is 108 cm³/mol. The molecular weight excluding hydrogens is 363 g/mol. The summed E-state index contributed by atoms with van der Waals surface area (Å²) in [4.78, 5) is 12.3. The standard InChI is InChI=1S/C20H23FN4OS/c1-22-20(25(2)12-10-18-4-3-13-27-18)23-11-9-17-14-26-19(24-17)15-5-7-16(21)8-6-15/h3-8,13-14H,9-12H2,1-2H3,(H,22,23). The van der Waals surface area contributed by atoms with Crippen LogP contribution in [-0.2, 0) is 12.8 Å². The number of hydrogen-bond donors (Lipinski definition) is 1. The fraction of sp³-hybridized carbons (Fsp3) is 0.300. The summed E-state index contributed by atoms with van der Waals surface area (Å²) in [5, 5.41) is 5.45. The van der Waals surface area contributed by atoms with Gasteiger partial charge in [-0.15, -0.1) is 11.3 Å². The van der Waals surface area contributed by atoms with Crippen LogP contribution in [0.2, 0.25) is 0 Å². The van der Waals surface area contributed by atoms with E-state index < -0.39 is 0 Å². The van der Waals surface area contributed by atoms with Crippen LogP contribution in [0.1, 0.15) is 10.6 Å². The molecule has 3 aromatic rings. The SMILES string of the molecule is CN=C(NCCc1coc(-c2ccc(F)cc2)n1)N(C)CCc1cccs1. The number of hydrogen-bond acceptors (Lipinski definition) is 4. The third-order valence-electron chi connectivity index (χ3n) is 4.15. The van der Waals surface area contributed by atoms with E-state index in [-0.39, 0.29) is 5.82 Å². The van der Waals surface area contributed by atoms with Crippen LogP contribution in [0.25, 0.3) is 11.5 Å². The van der Waals surface area contributed by atoms with E-state index in [0.717, 1.165) is 30.2 Å². The first-order valence-corrected chi connectivity index (χ1v) is 9.68. The molecule has 0 bridgehead atoms. The van der Waals surface area contributed by atoms with Crippen LogP contribution in [0.4, 0.5) is 4.39 Å². The van der Waals surface area contributed by atoms with Gasteiger partial charge < -0.3 is 14.6 Å². The molecule has 0 saturated heterocycles. The largest absolute Gasteiger partial charge is 0.444 e. The first-order chi connectivity index (χ1) is 13.2. The van der Waals surface area contributed by atoms with Gasteiger partial charge in [0.25, 0.3) is 0 Å². The van der Waals surface area contributed by atoms with Gasteiger partial charge in [-0.2, -0.15) is 0 Å². The average molecular weight is 386 g/mol. The predicted octanol–water partition coefficient (Wildman–Crippen LogP) is 3.83. The van der Waals surface area contributed by atoms with Gasteiger partial charge in [0.1, 0.15) is 12.1 Å². The molecule has 0 fully saturated rings. The molecule has 27 heavy (non-hydrogen) atoms. The molecule has 0 atom stereocenters. The maximum atomic E-state index is 13.0. The van der Waals surface area contributed by atoms with E-state index in [1.165, 1.54) is 17.0 Å². The maximum Gasteiger partial charge on any atom is 0.226 e. The molecule has 5 nitrogen and oxygen atoms in total. The first kappa shape index (κ1) is 19.1. The van der Waals surface area contributed by atoms with Gasteiger partial charge in [0, 0.05) is 44.0 Å². The topological polar surface area (TPSA) is 53.7 Å². The number of likely N-dealkylation sites (N-methyl/N-ethyl adjacent to an activating group) is 1. The molecule has 0 unspecified atom stereocenters. The van der Waals surface area contributed by atoms with E-state index in [2.05, 4.69) is 37.7 Å². The molecule has 0 aliphatic rings. The number of nitrogens with one attached hydrogen (secondary N) is 1. The van der Waals surface area contributed by atoms with Crippen LogP contribution in [0.15, 0.2) is 57.5 Å². The van der Waals surface area contributed by atoms with Crippen LogP contribution in [0, 0.1) is 5.82 Å². The molecule has 2 heterocycles. The van der Waals surface area contributed by atoms with Gasteiger partial charge in [0.05, 0.1) is 5.69 Å². The third kappa shape index (κ3) is 5.40. The Morgan fingerprint density at radius 3 is 2.78 bits per heavy atom. The van der Waals surface area contributed by atoms with Crippen LogP contribution in [0.5, 0.6) is 0 Å². The number of guanidine groups is 1. The highest BCUT2D eigenvalue weighted by atomic mass is 32.1. The highest BCUT2D eigenvalue weighted by Crippen LogP contribution is 2.19. The van der Waals surface area contributed by atoms with Crippen molar-refractivity contribution in [2.75, 3.05) is 27.2 Å². The normalized spacial score (nSPS) is 11.6. The maximum absolute atomic E-state index is 13.0. The van der Waals surface area contributed by atoms with Gasteiger partial charge in [-0.3, -0.25) is 4.99 Å². The molecule has 2 aromatic heterocycles. The fourth-order valence-corrected chi connectivity index (χ4v) is 3.37. The van der Waals surface area contributed by atoms with E-state index >= 15 is 0 Å². The zero-order valence-electron chi connectivity index (χ0n) is 15.5. The lowest BCUT2D eigenvalue weighted by Crippen LogP contribution is -2.40. The molecule has 0 aliphatic carbocycles.